The molecule has 0 aliphatic carbocycles. The van der Waals surface area contributed by atoms with Crippen molar-refractivity contribution in [3.63, 3.8) is 0 Å². The van der Waals surface area contributed by atoms with E-state index in [1.54, 1.807) is 76.5 Å². The molecule has 4 aromatic carbocycles. The molecule has 43 heavy (non-hydrogen) atoms. The Morgan fingerprint density at radius 2 is 1.12 bits per heavy atom. The first-order valence-corrected chi connectivity index (χ1v) is 14.4. The molecule has 0 aliphatic rings. The van der Waals surface area contributed by atoms with E-state index >= 15 is 0 Å². The number of aromatic nitrogens is 4. The highest BCUT2D eigenvalue weighted by Gasteiger charge is 2.00. The third kappa shape index (κ3) is 10.1. The summed E-state index contributed by atoms with van der Waals surface area (Å²) in [5.74, 6) is 8.03. The zero-order valence-corrected chi connectivity index (χ0v) is 26.0. The van der Waals surface area contributed by atoms with Gasteiger partial charge in [0.2, 0.25) is 0 Å². The average Bonchev–Trinajstić information content (AvgIpc) is 3.67. The molecule has 9 heteroatoms. The fraction of sp³-hybridized carbons (Fsp3) is 0. The van der Waals surface area contributed by atoms with Gasteiger partial charge in [-0.15, -0.1) is 6.42 Å². The minimum Gasteiger partial charge on any atom is -0.240 e. The first kappa shape index (κ1) is 31.5. The predicted molar refractivity (Wildman–Crippen MR) is 177 cm³/mol. The van der Waals surface area contributed by atoms with E-state index in [9.17, 15) is 8.78 Å². The number of rotatable bonds is 2. The molecule has 0 spiro atoms. The van der Waals surface area contributed by atoms with Crippen LogP contribution >= 0.6 is 45.8 Å². The minimum absolute atomic E-state index is 0.231. The van der Waals surface area contributed by atoms with Crippen molar-refractivity contribution >= 4 is 45.8 Å². The maximum absolute atomic E-state index is 12.9. The van der Waals surface area contributed by atoms with Crippen LogP contribution in [0.5, 0.6) is 0 Å². The standard InChI is InChI=1S/C17H10ClFN2.C9H6FIN2.C8H5Cl/c18-15-3-1-2-13(10-15)4-5-14-11-20-21(12-14)17-8-6-16(19)7-9-17;10-7-1-3-9(4-2-7)13-6-8(11)5-12-13;1-2-7-4-3-5-8(9)6-7/h1-3,6-12H;1-6H;1,3-6H. The maximum Gasteiger partial charge on any atom is 0.123 e. The lowest BCUT2D eigenvalue weighted by Crippen LogP contribution is -1.93. The van der Waals surface area contributed by atoms with Gasteiger partial charge in [0.1, 0.15) is 11.6 Å². The molecule has 212 valence electrons. The van der Waals surface area contributed by atoms with Crippen molar-refractivity contribution in [3.05, 3.63) is 164 Å². The van der Waals surface area contributed by atoms with Crippen molar-refractivity contribution in [1.82, 2.24) is 19.6 Å². The number of halogens is 5. The molecular formula is C34H21Cl2F2IN4. The summed E-state index contributed by atoms with van der Waals surface area (Å²) in [4.78, 5) is 0. The Hall–Kier alpha value is -4.41. The molecular weight excluding hydrogens is 700 g/mol. The smallest absolute Gasteiger partial charge is 0.123 e. The van der Waals surface area contributed by atoms with Crippen LogP contribution < -0.4 is 0 Å². The van der Waals surface area contributed by atoms with Gasteiger partial charge in [0.25, 0.3) is 0 Å². The Morgan fingerprint density at radius 1 is 0.628 bits per heavy atom. The number of benzene rings is 4. The van der Waals surface area contributed by atoms with Crippen molar-refractivity contribution in [2.24, 2.45) is 0 Å². The molecule has 0 N–H and O–H groups in total. The molecule has 0 aliphatic heterocycles. The first-order valence-electron chi connectivity index (χ1n) is 12.6. The summed E-state index contributed by atoms with van der Waals surface area (Å²) in [6.07, 6.45) is 12.2. The summed E-state index contributed by atoms with van der Waals surface area (Å²) in [7, 11) is 0. The van der Waals surface area contributed by atoms with Gasteiger partial charge in [-0.3, -0.25) is 0 Å². The number of nitrogens with zero attached hydrogens (tertiary/aromatic N) is 4. The lowest BCUT2D eigenvalue weighted by atomic mass is 10.2. The van der Waals surface area contributed by atoms with Crippen LogP contribution in [0.15, 0.2) is 122 Å². The van der Waals surface area contributed by atoms with Crippen LogP contribution in [0.3, 0.4) is 0 Å². The molecule has 0 fully saturated rings. The third-order valence-corrected chi connectivity index (χ3v) is 6.51. The highest BCUT2D eigenvalue weighted by Crippen LogP contribution is 2.12. The van der Waals surface area contributed by atoms with E-state index in [2.05, 4.69) is 50.5 Å². The molecule has 0 atom stereocenters. The molecule has 0 radical (unpaired) electrons. The molecule has 0 bridgehead atoms. The van der Waals surface area contributed by atoms with Crippen LogP contribution in [0, 0.1) is 39.4 Å². The fourth-order valence-corrected chi connectivity index (χ4v) is 4.22. The van der Waals surface area contributed by atoms with Gasteiger partial charge in [0.15, 0.2) is 0 Å². The van der Waals surface area contributed by atoms with Gasteiger partial charge >= 0.3 is 0 Å². The monoisotopic (exact) mass is 720 g/mol. The van der Waals surface area contributed by atoms with Crippen molar-refractivity contribution in [1.29, 1.82) is 0 Å². The fourth-order valence-electron chi connectivity index (χ4n) is 3.45. The molecule has 0 saturated heterocycles. The molecule has 6 aromatic rings. The highest BCUT2D eigenvalue weighted by atomic mass is 127. The van der Waals surface area contributed by atoms with Crippen LogP contribution in [0.1, 0.15) is 16.7 Å². The predicted octanol–water partition coefficient (Wildman–Crippen LogP) is 9.00. The summed E-state index contributed by atoms with van der Waals surface area (Å²) >= 11 is 13.7. The lowest BCUT2D eigenvalue weighted by molar-refractivity contribution is 0.626. The summed E-state index contributed by atoms with van der Waals surface area (Å²) < 4.78 is 29.9. The SMILES string of the molecule is C#Cc1cccc(Cl)c1.Fc1ccc(-n2cc(C#Cc3cccc(Cl)c3)cn2)cc1.Fc1ccc(-n2cc(I)cn2)cc1. The third-order valence-electron chi connectivity index (χ3n) is 5.48. The van der Waals surface area contributed by atoms with Crippen LogP contribution in [0.4, 0.5) is 8.78 Å². The normalized spacial score (nSPS) is 9.77. The van der Waals surface area contributed by atoms with E-state index in [0.717, 1.165) is 31.6 Å². The Bertz CT molecular complexity index is 1900. The second-order valence-electron chi connectivity index (χ2n) is 8.64. The molecule has 0 saturated carbocycles. The largest absolute Gasteiger partial charge is 0.240 e. The highest BCUT2D eigenvalue weighted by molar-refractivity contribution is 14.1. The van der Waals surface area contributed by atoms with Crippen LogP contribution in [-0.2, 0) is 0 Å². The Balaban J connectivity index is 0.000000163. The Labute approximate surface area is 272 Å². The van der Waals surface area contributed by atoms with Gasteiger partial charge in [-0.1, -0.05) is 53.1 Å². The van der Waals surface area contributed by atoms with Crippen LogP contribution in [-0.4, -0.2) is 19.6 Å². The summed E-state index contributed by atoms with van der Waals surface area (Å²) in [6.45, 7) is 0. The van der Waals surface area contributed by atoms with Gasteiger partial charge in [-0.05, 0) is 108 Å². The molecule has 2 heterocycles. The van der Waals surface area contributed by atoms with Crippen molar-refractivity contribution < 1.29 is 8.78 Å². The van der Waals surface area contributed by atoms with E-state index in [0.29, 0.717) is 10.0 Å². The van der Waals surface area contributed by atoms with E-state index in [1.807, 2.05) is 30.5 Å². The Kier molecular flexibility index (Phi) is 11.5. The van der Waals surface area contributed by atoms with E-state index < -0.39 is 0 Å². The summed E-state index contributed by atoms with van der Waals surface area (Å²) in [6, 6.07) is 26.9. The lowest BCUT2D eigenvalue weighted by Gasteiger charge is -1.99. The second kappa shape index (κ2) is 15.7. The van der Waals surface area contributed by atoms with E-state index in [4.69, 9.17) is 29.6 Å². The number of hydrogen-bond acceptors (Lipinski definition) is 2. The Morgan fingerprint density at radius 3 is 1.60 bits per heavy atom. The summed E-state index contributed by atoms with van der Waals surface area (Å²) in [5, 5.41) is 9.66. The first-order chi connectivity index (χ1) is 20.8. The molecule has 6 rings (SSSR count). The summed E-state index contributed by atoms with van der Waals surface area (Å²) in [5.41, 5.74) is 4.09. The zero-order chi connectivity index (χ0) is 30.6. The molecule has 0 amide bonds. The van der Waals surface area contributed by atoms with Gasteiger partial charge < -0.3 is 0 Å². The minimum atomic E-state index is -0.271. The topological polar surface area (TPSA) is 35.6 Å². The van der Waals surface area contributed by atoms with Crippen LogP contribution in [0.2, 0.25) is 10.0 Å². The van der Waals surface area contributed by atoms with Gasteiger partial charge in [-0.25, -0.2) is 18.1 Å². The van der Waals surface area contributed by atoms with E-state index in [-0.39, 0.29) is 11.6 Å². The zero-order valence-electron chi connectivity index (χ0n) is 22.3. The maximum atomic E-state index is 12.9. The van der Waals surface area contributed by atoms with Gasteiger partial charge in [0, 0.05) is 33.6 Å². The van der Waals surface area contributed by atoms with Gasteiger partial charge in [-0.2, -0.15) is 10.2 Å². The second-order valence-corrected chi connectivity index (χ2v) is 10.8. The molecule has 4 nitrogen and oxygen atoms in total. The number of terminal acetylenes is 1. The number of hydrogen-bond donors (Lipinski definition) is 0. The van der Waals surface area contributed by atoms with Crippen molar-refractivity contribution in [3.8, 4) is 35.6 Å². The molecule has 2 aromatic heterocycles. The van der Waals surface area contributed by atoms with E-state index in [1.165, 1.54) is 24.3 Å². The molecule has 0 unspecified atom stereocenters. The van der Waals surface area contributed by atoms with Crippen LogP contribution in [0.25, 0.3) is 11.4 Å². The van der Waals surface area contributed by atoms with Gasteiger partial charge in [0.05, 0.1) is 32.9 Å². The quantitative estimate of drug-likeness (QED) is 0.132. The van der Waals surface area contributed by atoms with Crippen molar-refractivity contribution in [2.45, 2.75) is 0 Å². The average molecular weight is 721 g/mol. The van der Waals surface area contributed by atoms with Crippen molar-refractivity contribution in [2.75, 3.05) is 0 Å².